The summed E-state index contributed by atoms with van der Waals surface area (Å²) in [5.74, 6) is 0.912. The number of morpholine rings is 2. The third kappa shape index (κ3) is 23.3. The van der Waals surface area contributed by atoms with Crippen molar-refractivity contribution in [2.45, 2.75) is 51.5 Å². The van der Waals surface area contributed by atoms with Crippen LogP contribution in [0.1, 0.15) is 44.9 Å². The first-order valence-corrected chi connectivity index (χ1v) is 16.4. The van der Waals surface area contributed by atoms with Gasteiger partial charge < -0.3 is 47.6 Å². The second kappa shape index (κ2) is 28.6. The van der Waals surface area contributed by atoms with Crippen LogP contribution in [0.4, 0.5) is 0 Å². The molecule has 0 bridgehead atoms. The number of hydrogen-bond acceptors (Lipinski definition) is 11. The Bertz CT molecular complexity index is 623. The SMILES string of the molecule is NCC1CC1.NCCCN1CCOCC1.NCCCn1ccnc1.NCCN1CCCCC1.NCCN1CCOCC1. The highest BCUT2D eigenvalue weighted by Gasteiger charge is 2.17. The molecule has 5 rings (SSSR count). The Kier molecular flexibility index (Phi) is 26.4. The van der Waals surface area contributed by atoms with Crippen molar-refractivity contribution in [3.63, 3.8) is 0 Å². The molecular formula is C30H66N10O2. The number of likely N-dealkylation sites (tertiary alicyclic amines) is 1. The molecule has 12 nitrogen and oxygen atoms in total. The van der Waals surface area contributed by atoms with Crippen LogP contribution in [-0.4, -0.2) is 142 Å². The van der Waals surface area contributed by atoms with Gasteiger partial charge in [-0.15, -0.1) is 0 Å². The number of aromatic nitrogens is 2. The summed E-state index contributed by atoms with van der Waals surface area (Å²) >= 11 is 0. The average molecular weight is 599 g/mol. The van der Waals surface area contributed by atoms with E-state index in [1.807, 2.05) is 10.8 Å². The van der Waals surface area contributed by atoms with Gasteiger partial charge in [0.1, 0.15) is 0 Å². The van der Waals surface area contributed by atoms with Crippen LogP contribution in [0.5, 0.6) is 0 Å². The molecule has 248 valence electrons. The van der Waals surface area contributed by atoms with Gasteiger partial charge in [-0.2, -0.15) is 0 Å². The van der Waals surface area contributed by atoms with Gasteiger partial charge in [0.2, 0.25) is 0 Å². The highest BCUT2D eigenvalue weighted by Crippen LogP contribution is 2.26. The molecule has 4 heterocycles. The van der Waals surface area contributed by atoms with Gasteiger partial charge in [0.25, 0.3) is 0 Å². The lowest BCUT2D eigenvalue weighted by Gasteiger charge is -2.26. The number of nitrogens with two attached hydrogens (primary N) is 5. The molecule has 0 atom stereocenters. The van der Waals surface area contributed by atoms with Crippen molar-refractivity contribution in [1.82, 2.24) is 24.3 Å². The smallest absolute Gasteiger partial charge is 0.0945 e. The first kappa shape index (κ1) is 38.8. The summed E-state index contributed by atoms with van der Waals surface area (Å²) in [7, 11) is 0. The Morgan fingerprint density at radius 3 is 1.50 bits per heavy atom. The minimum absolute atomic E-state index is 0.748. The van der Waals surface area contributed by atoms with Crippen LogP contribution in [0.3, 0.4) is 0 Å². The summed E-state index contributed by atoms with van der Waals surface area (Å²) in [6, 6.07) is 0. The number of rotatable bonds is 11. The second-order valence-corrected chi connectivity index (χ2v) is 11.2. The lowest BCUT2D eigenvalue weighted by molar-refractivity contribution is 0.0377. The van der Waals surface area contributed by atoms with E-state index in [1.54, 1.807) is 12.5 Å². The van der Waals surface area contributed by atoms with Crippen molar-refractivity contribution in [3.8, 4) is 0 Å². The van der Waals surface area contributed by atoms with Crippen LogP contribution in [0.15, 0.2) is 18.7 Å². The van der Waals surface area contributed by atoms with Gasteiger partial charge in [-0.1, -0.05) is 6.42 Å². The van der Waals surface area contributed by atoms with E-state index < -0.39 is 0 Å². The first-order chi connectivity index (χ1) is 20.7. The van der Waals surface area contributed by atoms with Crippen molar-refractivity contribution in [3.05, 3.63) is 18.7 Å². The maximum atomic E-state index is 5.42. The molecule has 0 spiro atoms. The standard InChI is InChI=1S/C7H16N2O.C7H16N2.C6H11N3.C6H14N2O.C4H9N/c8-2-1-3-9-4-6-10-7-5-9;8-4-7-9-5-2-1-3-6-9;7-2-1-4-9-5-3-8-6-9;7-1-2-8-3-5-9-6-4-8;5-3-4-1-2-4/h1-8H2;1-8H2;3,5-6H,1-2,4,7H2;1-7H2;4H,1-3,5H2. The number of aryl methyl sites for hydroxylation is 1. The zero-order chi connectivity index (χ0) is 30.5. The molecule has 1 aromatic heterocycles. The van der Waals surface area contributed by atoms with Crippen molar-refractivity contribution >= 4 is 0 Å². The molecule has 1 aliphatic carbocycles. The number of ether oxygens (including phenoxy) is 2. The van der Waals surface area contributed by atoms with Crippen molar-refractivity contribution in [1.29, 1.82) is 0 Å². The number of hydrogen-bond donors (Lipinski definition) is 5. The van der Waals surface area contributed by atoms with Crippen molar-refractivity contribution in [2.75, 3.05) is 118 Å². The normalized spacial score (nSPS) is 19.5. The number of nitrogens with zero attached hydrogens (tertiary/aromatic N) is 5. The molecule has 10 N–H and O–H groups in total. The topological polar surface area (TPSA) is 176 Å². The van der Waals surface area contributed by atoms with E-state index in [-0.39, 0.29) is 0 Å². The van der Waals surface area contributed by atoms with Gasteiger partial charge in [-0.25, -0.2) is 4.98 Å². The molecule has 0 unspecified atom stereocenters. The van der Waals surface area contributed by atoms with Gasteiger partial charge in [0.15, 0.2) is 0 Å². The fourth-order valence-electron chi connectivity index (χ4n) is 4.56. The zero-order valence-corrected chi connectivity index (χ0v) is 26.6. The average Bonchev–Trinajstić information content (AvgIpc) is 3.75. The summed E-state index contributed by atoms with van der Waals surface area (Å²) in [6.07, 6.45) is 14.6. The third-order valence-electron chi connectivity index (χ3n) is 7.44. The summed E-state index contributed by atoms with van der Waals surface area (Å²) in [5, 5.41) is 0. The summed E-state index contributed by atoms with van der Waals surface area (Å²) in [6.45, 7) is 18.6. The zero-order valence-electron chi connectivity index (χ0n) is 26.6. The van der Waals surface area contributed by atoms with E-state index in [0.717, 1.165) is 130 Å². The molecule has 4 fully saturated rings. The van der Waals surface area contributed by atoms with Crippen molar-refractivity contribution < 1.29 is 9.47 Å². The highest BCUT2D eigenvalue weighted by atomic mass is 16.5. The van der Waals surface area contributed by atoms with Gasteiger partial charge in [0.05, 0.1) is 32.8 Å². The number of piperidine rings is 1. The molecule has 0 amide bonds. The predicted molar refractivity (Wildman–Crippen MR) is 174 cm³/mol. The molecular weight excluding hydrogens is 532 g/mol. The largest absolute Gasteiger partial charge is 0.379 e. The molecule has 0 aromatic carbocycles. The fraction of sp³-hybridized carbons (Fsp3) is 0.900. The monoisotopic (exact) mass is 599 g/mol. The van der Waals surface area contributed by atoms with E-state index in [0.29, 0.717) is 0 Å². The van der Waals surface area contributed by atoms with E-state index in [2.05, 4.69) is 19.7 Å². The second-order valence-electron chi connectivity index (χ2n) is 11.2. The fourth-order valence-corrected chi connectivity index (χ4v) is 4.56. The van der Waals surface area contributed by atoms with E-state index >= 15 is 0 Å². The van der Waals surface area contributed by atoms with Crippen LogP contribution in [0.25, 0.3) is 0 Å². The van der Waals surface area contributed by atoms with E-state index in [9.17, 15) is 0 Å². The highest BCUT2D eigenvalue weighted by molar-refractivity contribution is 4.73. The van der Waals surface area contributed by atoms with Crippen LogP contribution in [-0.2, 0) is 16.0 Å². The summed E-state index contributed by atoms with van der Waals surface area (Å²) in [4.78, 5) is 11.1. The lowest BCUT2D eigenvalue weighted by Crippen LogP contribution is -2.39. The van der Waals surface area contributed by atoms with Crippen LogP contribution >= 0.6 is 0 Å². The van der Waals surface area contributed by atoms with Crippen molar-refractivity contribution in [2.24, 2.45) is 34.6 Å². The van der Waals surface area contributed by atoms with Crippen LogP contribution in [0.2, 0.25) is 0 Å². The maximum Gasteiger partial charge on any atom is 0.0945 e. The third-order valence-corrected chi connectivity index (χ3v) is 7.44. The van der Waals surface area contributed by atoms with Gasteiger partial charge in [-0.05, 0) is 83.7 Å². The summed E-state index contributed by atoms with van der Waals surface area (Å²) in [5.41, 5.74) is 26.7. The molecule has 42 heavy (non-hydrogen) atoms. The quantitative estimate of drug-likeness (QED) is 0.231. The Labute approximate surface area is 256 Å². The minimum atomic E-state index is 0.748. The molecule has 3 saturated heterocycles. The number of imidazole rings is 1. The van der Waals surface area contributed by atoms with E-state index in [4.69, 9.17) is 38.1 Å². The molecule has 1 aromatic rings. The van der Waals surface area contributed by atoms with Gasteiger partial charge in [0, 0.05) is 71.3 Å². The molecule has 3 aliphatic heterocycles. The van der Waals surface area contributed by atoms with E-state index in [1.165, 1.54) is 45.2 Å². The van der Waals surface area contributed by atoms with Gasteiger partial charge >= 0.3 is 0 Å². The van der Waals surface area contributed by atoms with Crippen LogP contribution < -0.4 is 28.7 Å². The first-order valence-electron chi connectivity index (χ1n) is 16.4. The van der Waals surface area contributed by atoms with Gasteiger partial charge in [-0.3, -0.25) is 9.80 Å². The lowest BCUT2D eigenvalue weighted by atomic mass is 10.1. The maximum absolute atomic E-state index is 5.42. The molecule has 0 radical (unpaired) electrons. The minimum Gasteiger partial charge on any atom is -0.379 e. The Balaban J connectivity index is 0.000000266. The molecule has 1 saturated carbocycles. The Morgan fingerprint density at radius 1 is 0.595 bits per heavy atom. The predicted octanol–water partition coefficient (Wildman–Crippen LogP) is -0.0373. The molecule has 12 heteroatoms. The van der Waals surface area contributed by atoms with Crippen LogP contribution in [0, 0.1) is 5.92 Å². The Morgan fingerprint density at radius 2 is 1.10 bits per heavy atom. The summed E-state index contributed by atoms with van der Waals surface area (Å²) < 4.78 is 12.4. The Hall–Kier alpha value is -1.19. The molecule has 4 aliphatic rings.